The van der Waals surface area contributed by atoms with E-state index in [2.05, 4.69) is 10.5 Å². The summed E-state index contributed by atoms with van der Waals surface area (Å²) < 4.78 is 26.9. The number of aryl methyl sites for hydroxylation is 1. The van der Waals surface area contributed by atoms with Gasteiger partial charge in [0.25, 0.3) is 11.6 Å². The van der Waals surface area contributed by atoms with Gasteiger partial charge in [0.15, 0.2) is 0 Å². The van der Waals surface area contributed by atoms with Gasteiger partial charge in [-0.2, -0.15) is 9.41 Å². The zero-order valence-electron chi connectivity index (χ0n) is 17.0. The van der Waals surface area contributed by atoms with Crippen molar-refractivity contribution in [3.05, 3.63) is 69.8 Å². The van der Waals surface area contributed by atoms with Crippen LogP contribution >= 0.6 is 0 Å². The predicted octanol–water partition coefficient (Wildman–Crippen LogP) is 1.36. The molecule has 0 atom stereocenters. The highest BCUT2D eigenvalue weighted by Crippen LogP contribution is 2.18. The van der Waals surface area contributed by atoms with Gasteiger partial charge in [0, 0.05) is 43.9 Å². The molecule has 0 unspecified atom stereocenters. The lowest BCUT2D eigenvalue weighted by Gasteiger charge is -2.33. The van der Waals surface area contributed by atoms with Crippen LogP contribution < -0.4 is 5.43 Å². The molecule has 0 aromatic heterocycles. The second kappa shape index (κ2) is 9.77. The van der Waals surface area contributed by atoms with Gasteiger partial charge in [-0.25, -0.2) is 13.8 Å². The molecule has 1 heterocycles. The Morgan fingerprint density at radius 3 is 2.48 bits per heavy atom. The highest BCUT2D eigenvalue weighted by atomic mass is 32.2. The minimum Gasteiger partial charge on any atom is -0.292 e. The Bertz CT molecular complexity index is 1080. The van der Waals surface area contributed by atoms with Crippen LogP contribution in [0.1, 0.15) is 11.1 Å². The average Bonchev–Trinajstić information content (AvgIpc) is 2.74. The summed E-state index contributed by atoms with van der Waals surface area (Å²) in [6.45, 7) is 3.40. The Labute approximate surface area is 180 Å². The average molecular weight is 446 g/mol. The first-order valence-electron chi connectivity index (χ1n) is 9.61. The van der Waals surface area contributed by atoms with Gasteiger partial charge in [-0.3, -0.25) is 19.8 Å². The van der Waals surface area contributed by atoms with Crippen LogP contribution in [-0.4, -0.2) is 67.4 Å². The zero-order valence-corrected chi connectivity index (χ0v) is 17.8. The Balaban J connectivity index is 1.48. The van der Waals surface area contributed by atoms with E-state index in [1.165, 1.54) is 28.7 Å². The van der Waals surface area contributed by atoms with Crippen molar-refractivity contribution in [3.8, 4) is 0 Å². The third kappa shape index (κ3) is 5.94. The van der Waals surface area contributed by atoms with Crippen LogP contribution in [0.5, 0.6) is 0 Å². The van der Waals surface area contributed by atoms with E-state index in [1.54, 1.807) is 30.3 Å². The van der Waals surface area contributed by atoms with Gasteiger partial charge in [-0.05, 0) is 19.1 Å². The highest BCUT2D eigenvalue weighted by molar-refractivity contribution is 7.89. The molecule has 31 heavy (non-hydrogen) atoms. The first kappa shape index (κ1) is 22.5. The summed E-state index contributed by atoms with van der Waals surface area (Å²) in [7, 11) is -3.55. The summed E-state index contributed by atoms with van der Waals surface area (Å²) in [6.07, 6.45) is 1.33. The van der Waals surface area contributed by atoms with E-state index < -0.39 is 14.9 Å². The smallest absolute Gasteiger partial charge is 0.270 e. The van der Waals surface area contributed by atoms with Crippen LogP contribution in [-0.2, 0) is 14.8 Å². The van der Waals surface area contributed by atoms with Crippen molar-refractivity contribution in [2.45, 2.75) is 11.8 Å². The molecule has 0 saturated carbocycles. The Morgan fingerprint density at radius 1 is 1.16 bits per heavy atom. The van der Waals surface area contributed by atoms with Crippen molar-refractivity contribution in [1.82, 2.24) is 14.6 Å². The number of nitro groups is 1. The van der Waals surface area contributed by atoms with E-state index in [4.69, 9.17) is 0 Å². The van der Waals surface area contributed by atoms with E-state index in [0.29, 0.717) is 31.7 Å². The lowest BCUT2D eigenvalue weighted by Crippen LogP contribution is -2.50. The molecule has 0 spiro atoms. The van der Waals surface area contributed by atoms with Crippen molar-refractivity contribution in [2.75, 3.05) is 32.7 Å². The SMILES string of the molecule is Cc1ccc(S(=O)(=O)N2CCN(CC(=O)NN=Cc3cccc([N+](=O)[O-])c3)CC2)cc1. The van der Waals surface area contributed by atoms with Gasteiger partial charge < -0.3 is 0 Å². The molecular formula is C20H23N5O5S. The van der Waals surface area contributed by atoms with Gasteiger partial charge in [0.2, 0.25) is 10.0 Å². The standard InChI is InChI=1S/C20H23N5O5S/c1-16-5-7-19(8-6-16)31(29,30)24-11-9-23(10-12-24)15-20(26)22-21-14-17-3-2-4-18(13-17)25(27)28/h2-8,13-14H,9-12,15H2,1H3,(H,22,26). The second-order valence-electron chi connectivity index (χ2n) is 7.14. The molecule has 0 radical (unpaired) electrons. The number of nitrogens with one attached hydrogen (secondary N) is 1. The number of carbonyl (C=O) groups is 1. The first-order valence-corrected chi connectivity index (χ1v) is 11.1. The molecule has 0 bridgehead atoms. The summed E-state index contributed by atoms with van der Waals surface area (Å²) in [5.74, 6) is -0.350. The third-order valence-electron chi connectivity index (χ3n) is 4.84. The number of nitro benzene ring substituents is 1. The Kier molecular flexibility index (Phi) is 7.10. The number of non-ortho nitro benzene ring substituents is 1. The number of hydrogen-bond donors (Lipinski definition) is 1. The van der Waals surface area contributed by atoms with Crippen LogP contribution in [0.2, 0.25) is 0 Å². The fourth-order valence-electron chi connectivity index (χ4n) is 3.12. The lowest BCUT2D eigenvalue weighted by molar-refractivity contribution is -0.384. The van der Waals surface area contributed by atoms with Gasteiger partial charge >= 0.3 is 0 Å². The molecule has 1 saturated heterocycles. The maximum atomic E-state index is 12.7. The number of carbonyl (C=O) groups excluding carboxylic acids is 1. The molecule has 1 fully saturated rings. The molecule has 0 aliphatic carbocycles. The molecule has 10 nitrogen and oxygen atoms in total. The number of hydrazone groups is 1. The summed E-state index contributed by atoms with van der Waals surface area (Å²) in [4.78, 5) is 24.5. The number of piperazine rings is 1. The Hall–Kier alpha value is -3.15. The fourth-order valence-corrected chi connectivity index (χ4v) is 4.55. The number of hydrogen-bond acceptors (Lipinski definition) is 7. The lowest BCUT2D eigenvalue weighted by atomic mass is 10.2. The summed E-state index contributed by atoms with van der Waals surface area (Å²) in [5, 5.41) is 14.6. The fraction of sp³-hybridized carbons (Fsp3) is 0.300. The maximum Gasteiger partial charge on any atom is 0.270 e. The number of amides is 1. The van der Waals surface area contributed by atoms with Crippen LogP contribution in [0.25, 0.3) is 0 Å². The molecule has 1 aliphatic rings. The Morgan fingerprint density at radius 2 is 1.84 bits per heavy atom. The van der Waals surface area contributed by atoms with Gasteiger partial charge in [0.1, 0.15) is 0 Å². The molecule has 2 aromatic rings. The van der Waals surface area contributed by atoms with Crippen molar-refractivity contribution >= 4 is 27.8 Å². The molecule has 3 rings (SSSR count). The highest BCUT2D eigenvalue weighted by Gasteiger charge is 2.28. The monoisotopic (exact) mass is 445 g/mol. The van der Waals surface area contributed by atoms with Crippen LogP contribution in [0.4, 0.5) is 5.69 Å². The van der Waals surface area contributed by atoms with Crippen LogP contribution in [0, 0.1) is 17.0 Å². The van der Waals surface area contributed by atoms with Crippen molar-refractivity contribution in [2.24, 2.45) is 5.10 Å². The summed E-state index contributed by atoms with van der Waals surface area (Å²) >= 11 is 0. The molecule has 164 valence electrons. The largest absolute Gasteiger partial charge is 0.292 e. The van der Waals surface area contributed by atoms with E-state index in [-0.39, 0.29) is 23.0 Å². The van der Waals surface area contributed by atoms with Gasteiger partial charge in [-0.1, -0.05) is 29.8 Å². The summed E-state index contributed by atoms with van der Waals surface area (Å²) in [5.41, 5.74) is 3.80. The first-order chi connectivity index (χ1) is 14.8. The topological polar surface area (TPSA) is 125 Å². The molecular weight excluding hydrogens is 422 g/mol. The van der Waals surface area contributed by atoms with Gasteiger partial charge in [-0.15, -0.1) is 0 Å². The van der Waals surface area contributed by atoms with Crippen LogP contribution in [0.15, 0.2) is 58.5 Å². The van der Waals surface area contributed by atoms with E-state index in [1.807, 2.05) is 11.8 Å². The van der Waals surface area contributed by atoms with Gasteiger partial charge in [0.05, 0.1) is 22.6 Å². The minimum atomic E-state index is -3.55. The number of sulfonamides is 1. The maximum absolute atomic E-state index is 12.7. The molecule has 1 N–H and O–H groups in total. The van der Waals surface area contributed by atoms with Crippen molar-refractivity contribution < 1.29 is 18.1 Å². The van der Waals surface area contributed by atoms with Crippen LogP contribution in [0.3, 0.4) is 0 Å². The van der Waals surface area contributed by atoms with Crippen molar-refractivity contribution in [3.63, 3.8) is 0 Å². The second-order valence-corrected chi connectivity index (χ2v) is 9.08. The summed E-state index contributed by atoms with van der Waals surface area (Å²) in [6, 6.07) is 12.6. The number of rotatable bonds is 7. The molecule has 2 aromatic carbocycles. The molecule has 11 heteroatoms. The molecule has 1 amide bonds. The quantitative estimate of drug-likeness (QED) is 0.390. The normalized spacial score (nSPS) is 15.8. The van der Waals surface area contributed by atoms with E-state index in [9.17, 15) is 23.3 Å². The predicted molar refractivity (Wildman–Crippen MR) is 115 cm³/mol. The minimum absolute atomic E-state index is 0.0614. The molecule has 1 aliphatic heterocycles. The van der Waals surface area contributed by atoms with E-state index >= 15 is 0 Å². The number of benzene rings is 2. The third-order valence-corrected chi connectivity index (χ3v) is 6.75. The zero-order chi connectivity index (χ0) is 22.4. The van der Waals surface area contributed by atoms with E-state index in [0.717, 1.165) is 5.56 Å². The number of nitrogens with zero attached hydrogens (tertiary/aromatic N) is 4. The van der Waals surface area contributed by atoms with Crippen molar-refractivity contribution in [1.29, 1.82) is 0 Å².